The van der Waals surface area contributed by atoms with Gasteiger partial charge in [0.1, 0.15) is 11.5 Å². The lowest BCUT2D eigenvalue weighted by molar-refractivity contribution is -0.127. The minimum absolute atomic E-state index is 0.00276. The van der Waals surface area contributed by atoms with Gasteiger partial charge < -0.3 is 14.5 Å². The number of amides is 2. The summed E-state index contributed by atoms with van der Waals surface area (Å²) in [5.74, 6) is -0.0945. The highest BCUT2D eigenvalue weighted by Gasteiger charge is 2.36. The van der Waals surface area contributed by atoms with Gasteiger partial charge in [-0.2, -0.15) is 0 Å². The fraction of sp³-hybridized carbons (Fsp3) is 0.857. The fourth-order valence-corrected chi connectivity index (χ4v) is 2.55. The SMILES string of the molecule is CC(C)N(C(=O)OC(C)(C)C)[C@H]1CCN(C(=O)CCl)C1. The second-order valence-corrected chi connectivity index (χ2v) is 6.66. The monoisotopic (exact) mass is 304 g/mol. The van der Waals surface area contributed by atoms with Gasteiger partial charge in [-0.25, -0.2) is 4.79 Å². The first-order valence-corrected chi connectivity index (χ1v) is 7.54. The Balaban J connectivity index is 2.73. The minimum atomic E-state index is -0.519. The summed E-state index contributed by atoms with van der Waals surface area (Å²) in [5.41, 5.74) is -0.519. The van der Waals surface area contributed by atoms with E-state index in [2.05, 4.69) is 0 Å². The smallest absolute Gasteiger partial charge is 0.410 e. The average molecular weight is 305 g/mol. The van der Waals surface area contributed by atoms with E-state index in [-0.39, 0.29) is 30.0 Å². The van der Waals surface area contributed by atoms with E-state index in [1.807, 2.05) is 34.6 Å². The van der Waals surface area contributed by atoms with Crippen LogP contribution in [0, 0.1) is 0 Å². The van der Waals surface area contributed by atoms with Crippen LogP contribution in [0.4, 0.5) is 4.79 Å². The van der Waals surface area contributed by atoms with Crippen molar-refractivity contribution in [1.29, 1.82) is 0 Å². The zero-order valence-electron chi connectivity index (χ0n) is 13.0. The van der Waals surface area contributed by atoms with Gasteiger partial charge >= 0.3 is 6.09 Å². The topological polar surface area (TPSA) is 49.9 Å². The lowest BCUT2D eigenvalue weighted by Gasteiger charge is -2.34. The van der Waals surface area contributed by atoms with Crippen LogP contribution in [0.3, 0.4) is 0 Å². The molecule has 0 bridgehead atoms. The van der Waals surface area contributed by atoms with Gasteiger partial charge in [0.2, 0.25) is 5.91 Å². The van der Waals surface area contributed by atoms with Gasteiger partial charge in [-0.3, -0.25) is 4.79 Å². The summed E-state index contributed by atoms with van der Waals surface area (Å²) in [7, 11) is 0. The van der Waals surface area contributed by atoms with E-state index < -0.39 is 5.60 Å². The Labute approximate surface area is 126 Å². The number of carbonyl (C=O) groups is 2. The molecule has 0 aromatic rings. The van der Waals surface area contributed by atoms with E-state index in [9.17, 15) is 9.59 Å². The predicted molar refractivity (Wildman–Crippen MR) is 78.9 cm³/mol. The van der Waals surface area contributed by atoms with Crippen molar-refractivity contribution in [1.82, 2.24) is 9.80 Å². The van der Waals surface area contributed by atoms with Crippen LogP contribution in [0.2, 0.25) is 0 Å². The van der Waals surface area contributed by atoms with Crippen LogP contribution >= 0.6 is 11.6 Å². The molecular weight excluding hydrogens is 280 g/mol. The van der Waals surface area contributed by atoms with Crippen molar-refractivity contribution < 1.29 is 14.3 Å². The van der Waals surface area contributed by atoms with Gasteiger partial charge in [-0.15, -0.1) is 11.6 Å². The molecule has 0 unspecified atom stereocenters. The van der Waals surface area contributed by atoms with Crippen molar-refractivity contribution in [2.45, 2.75) is 58.7 Å². The lowest BCUT2D eigenvalue weighted by Crippen LogP contribution is -2.48. The molecule has 0 saturated carbocycles. The maximum Gasteiger partial charge on any atom is 0.410 e. The van der Waals surface area contributed by atoms with Crippen molar-refractivity contribution in [2.75, 3.05) is 19.0 Å². The van der Waals surface area contributed by atoms with Gasteiger partial charge in [-0.05, 0) is 41.0 Å². The maximum atomic E-state index is 12.3. The molecule has 1 fully saturated rings. The lowest BCUT2D eigenvalue weighted by atomic mass is 10.2. The Morgan fingerprint density at radius 2 is 2.00 bits per heavy atom. The average Bonchev–Trinajstić information content (AvgIpc) is 2.74. The highest BCUT2D eigenvalue weighted by molar-refractivity contribution is 6.27. The first-order valence-electron chi connectivity index (χ1n) is 7.00. The summed E-state index contributed by atoms with van der Waals surface area (Å²) >= 11 is 5.58. The Bertz CT molecular complexity index is 366. The van der Waals surface area contributed by atoms with Crippen molar-refractivity contribution in [3.63, 3.8) is 0 Å². The number of halogens is 1. The van der Waals surface area contributed by atoms with Crippen molar-refractivity contribution in [3.05, 3.63) is 0 Å². The third kappa shape index (κ3) is 4.54. The molecule has 0 N–H and O–H groups in total. The van der Waals surface area contributed by atoms with E-state index in [4.69, 9.17) is 16.3 Å². The van der Waals surface area contributed by atoms with Crippen LogP contribution in [-0.2, 0) is 9.53 Å². The minimum Gasteiger partial charge on any atom is -0.444 e. The second-order valence-electron chi connectivity index (χ2n) is 6.40. The van der Waals surface area contributed by atoms with E-state index in [0.717, 1.165) is 6.42 Å². The van der Waals surface area contributed by atoms with Crippen LogP contribution in [-0.4, -0.2) is 58.5 Å². The molecule has 1 heterocycles. The van der Waals surface area contributed by atoms with Crippen molar-refractivity contribution in [2.24, 2.45) is 0 Å². The van der Waals surface area contributed by atoms with Crippen molar-refractivity contribution in [3.8, 4) is 0 Å². The second kappa shape index (κ2) is 6.66. The summed E-state index contributed by atoms with van der Waals surface area (Å²) in [5, 5.41) is 0. The number of hydrogen-bond acceptors (Lipinski definition) is 3. The van der Waals surface area contributed by atoms with Gasteiger partial charge in [0, 0.05) is 19.1 Å². The third-order valence-corrected chi connectivity index (χ3v) is 3.41. The number of ether oxygens (including phenoxy) is 1. The summed E-state index contributed by atoms with van der Waals surface area (Å²) in [4.78, 5) is 27.4. The molecule has 1 rings (SSSR count). The molecule has 6 heteroatoms. The molecule has 5 nitrogen and oxygen atoms in total. The van der Waals surface area contributed by atoms with Crippen LogP contribution < -0.4 is 0 Å². The molecule has 0 aliphatic carbocycles. The van der Waals surface area contributed by atoms with E-state index in [1.165, 1.54) is 0 Å². The van der Waals surface area contributed by atoms with E-state index in [0.29, 0.717) is 13.1 Å². The fourth-order valence-electron chi connectivity index (χ4n) is 2.38. The Hall–Kier alpha value is -0.970. The number of likely N-dealkylation sites (tertiary alicyclic amines) is 1. The maximum absolute atomic E-state index is 12.3. The highest BCUT2D eigenvalue weighted by Crippen LogP contribution is 2.21. The highest BCUT2D eigenvalue weighted by atomic mass is 35.5. The largest absolute Gasteiger partial charge is 0.444 e. The summed E-state index contributed by atoms with van der Waals surface area (Å²) in [6.07, 6.45) is 0.442. The normalized spacial score (nSPS) is 19.4. The Morgan fingerprint density at radius 1 is 1.40 bits per heavy atom. The summed E-state index contributed by atoms with van der Waals surface area (Å²) in [6, 6.07) is 0.0259. The summed E-state index contributed by atoms with van der Waals surface area (Å²) < 4.78 is 5.45. The molecule has 0 spiro atoms. The Kier molecular flexibility index (Phi) is 5.68. The van der Waals surface area contributed by atoms with Crippen LogP contribution in [0.1, 0.15) is 41.0 Å². The molecule has 0 aromatic carbocycles. The first-order chi connectivity index (χ1) is 9.15. The summed E-state index contributed by atoms with van der Waals surface area (Å²) in [6.45, 7) is 10.6. The molecule has 116 valence electrons. The zero-order chi connectivity index (χ0) is 15.5. The molecule has 1 saturated heterocycles. The number of hydrogen-bond donors (Lipinski definition) is 0. The number of alkyl halides is 1. The van der Waals surface area contributed by atoms with Gasteiger partial charge in [0.15, 0.2) is 0 Å². The standard InChI is InChI=1S/C14H25ClN2O3/c1-10(2)17(13(19)20-14(3,4)5)11-6-7-16(9-11)12(18)8-15/h10-11H,6-9H2,1-5H3/t11-/m0/s1. The predicted octanol–water partition coefficient (Wildman–Crippen LogP) is 2.47. The quantitative estimate of drug-likeness (QED) is 0.753. The molecule has 0 radical (unpaired) electrons. The van der Waals surface area contributed by atoms with Crippen molar-refractivity contribution >= 4 is 23.6 Å². The molecular formula is C14H25ClN2O3. The van der Waals surface area contributed by atoms with E-state index in [1.54, 1.807) is 9.80 Å². The molecule has 1 atom stereocenters. The van der Waals surface area contributed by atoms with Crippen LogP contribution in [0.5, 0.6) is 0 Å². The molecule has 20 heavy (non-hydrogen) atoms. The molecule has 1 aliphatic heterocycles. The number of rotatable bonds is 3. The zero-order valence-corrected chi connectivity index (χ0v) is 13.7. The molecule has 0 aromatic heterocycles. The Morgan fingerprint density at radius 3 is 2.45 bits per heavy atom. The van der Waals surface area contributed by atoms with Gasteiger partial charge in [0.25, 0.3) is 0 Å². The third-order valence-electron chi connectivity index (χ3n) is 3.18. The van der Waals surface area contributed by atoms with Gasteiger partial charge in [-0.1, -0.05) is 0 Å². The van der Waals surface area contributed by atoms with Crippen LogP contribution in [0.25, 0.3) is 0 Å². The van der Waals surface area contributed by atoms with E-state index >= 15 is 0 Å². The molecule has 1 aliphatic rings. The number of nitrogens with zero attached hydrogens (tertiary/aromatic N) is 2. The molecule has 2 amide bonds. The van der Waals surface area contributed by atoms with Gasteiger partial charge in [0.05, 0.1) is 6.04 Å². The number of carbonyl (C=O) groups excluding carboxylic acids is 2. The van der Waals surface area contributed by atoms with Crippen LogP contribution in [0.15, 0.2) is 0 Å². The first kappa shape index (κ1) is 17.1.